The highest BCUT2D eigenvalue weighted by Crippen LogP contribution is 2.32. The molecular weight excluding hydrogens is 306 g/mol. The summed E-state index contributed by atoms with van der Waals surface area (Å²) >= 11 is 0. The van der Waals surface area contributed by atoms with Crippen LogP contribution in [0.25, 0.3) is 0 Å². The Hall–Kier alpha value is -2.37. The second kappa shape index (κ2) is 6.63. The van der Waals surface area contributed by atoms with Crippen LogP contribution in [0.1, 0.15) is 46.1 Å². The van der Waals surface area contributed by atoms with Gasteiger partial charge in [-0.1, -0.05) is 44.2 Å². The van der Waals surface area contributed by atoms with Gasteiger partial charge in [0.15, 0.2) is 0 Å². The molecule has 130 valence electrons. The smallest absolute Gasteiger partial charge is 0.325 e. The number of carbonyl (C=O) groups excluding carboxylic acids is 3. The predicted octanol–water partition coefficient (Wildman–Crippen LogP) is 2.15. The summed E-state index contributed by atoms with van der Waals surface area (Å²) in [4.78, 5) is 38.4. The average Bonchev–Trinajstić information content (AvgIpc) is 2.80. The number of rotatable bonds is 6. The molecule has 1 heterocycles. The van der Waals surface area contributed by atoms with Crippen molar-refractivity contribution in [1.29, 1.82) is 0 Å². The Morgan fingerprint density at radius 1 is 1.21 bits per heavy atom. The molecule has 0 unspecified atom stereocenters. The van der Waals surface area contributed by atoms with Gasteiger partial charge in [0, 0.05) is 5.54 Å². The highest BCUT2D eigenvalue weighted by molar-refractivity contribution is 6.09. The maximum Gasteiger partial charge on any atom is 0.325 e. The standard InChI is InChI=1S/C18H25N3O3/c1-5-17(3,4)19-14(22)12-21-15(23)18(6-2,20-16(21)24)13-10-8-7-9-11-13/h7-11H,5-6,12H2,1-4H3,(H,19,22)(H,20,24)/t18-/m0/s1. The fourth-order valence-corrected chi connectivity index (χ4v) is 2.78. The van der Waals surface area contributed by atoms with E-state index in [4.69, 9.17) is 0 Å². The first kappa shape index (κ1) is 18.0. The summed E-state index contributed by atoms with van der Waals surface area (Å²) in [6.07, 6.45) is 1.17. The molecule has 0 bridgehead atoms. The summed E-state index contributed by atoms with van der Waals surface area (Å²) < 4.78 is 0. The van der Waals surface area contributed by atoms with E-state index in [-0.39, 0.29) is 23.9 Å². The van der Waals surface area contributed by atoms with E-state index in [1.165, 1.54) is 0 Å². The molecule has 0 aromatic heterocycles. The Morgan fingerprint density at radius 3 is 2.38 bits per heavy atom. The molecule has 24 heavy (non-hydrogen) atoms. The third-order valence-electron chi connectivity index (χ3n) is 4.64. The summed E-state index contributed by atoms with van der Waals surface area (Å²) in [6.45, 7) is 7.33. The van der Waals surface area contributed by atoms with E-state index in [0.29, 0.717) is 6.42 Å². The molecule has 0 spiro atoms. The SMILES string of the molecule is CCC(C)(C)NC(=O)CN1C(=O)N[C@@](CC)(c2ccccc2)C1=O. The molecule has 4 amide bonds. The van der Waals surface area contributed by atoms with Crippen molar-refractivity contribution in [3.8, 4) is 0 Å². The van der Waals surface area contributed by atoms with Crippen molar-refractivity contribution in [3.63, 3.8) is 0 Å². The number of amides is 4. The Morgan fingerprint density at radius 2 is 1.83 bits per heavy atom. The Bertz CT molecular complexity index is 642. The maximum absolute atomic E-state index is 12.9. The number of carbonyl (C=O) groups is 3. The van der Waals surface area contributed by atoms with Crippen LogP contribution in [0, 0.1) is 0 Å². The summed E-state index contributed by atoms with van der Waals surface area (Å²) in [5.41, 5.74) is -0.751. The normalized spacial score (nSPS) is 20.9. The summed E-state index contributed by atoms with van der Waals surface area (Å²) in [6, 6.07) is 8.59. The van der Waals surface area contributed by atoms with Crippen LogP contribution in [0.3, 0.4) is 0 Å². The first-order valence-electron chi connectivity index (χ1n) is 8.26. The lowest BCUT2D eigenvalue weighted by Gasteiger charge is -2.27. The van der Waals surface area contributed by atoms with Crippen molar-refractivity contribution < 1.29 is 14.4 Å². The summed E-state index contributed by atoms with van der Waals surface area (Å²) in [7, 11) is 0. The second-order valence-corrected chi connectivity index (χ2v) is 6.73. The zero-order valence-electron chi connectivity index (χ0n) is 14.7. The minimum Gasteiger partial charge on any atom is -0.350 e. The minimum absolute atomic E-state index is 0.275. The molecule has 1 saturated heterocycles. The molecule has 0 radical (unpaired) electrons. The Labute approximate surface area is 142 Å². The van der Waals surface area contributed by atoms with Crippen molar-refractivity contribution in [3.05, 3.63) is 35.9 Å². The van der Waals surface area contributed by atoms with E-state index >= 15 is 0 Å². The van der Waals surface area contributed by atoms with Crippen LogP contribution in [-0.2, 0) is 15.1 Å². The number of urea groups is 1. The van der Waals surface area contributed by atoms with Crippen LogP contribution in [0.15, 0.2) is 30.3 Å². The number of imide groups is 1. The summed E-state index contributed by atoms with van der Waals surface area (Å²) in [5, 5.41) is 5.62. The fourth-order valence-electron chi connectivity index (χ4n) is 2.78. The Kier molecular flexibility index (Phi) is 4.96. The summed E-state index contributed by atoms with van der Waals surface area (Å²) in [5.74, 6) is -0.726. The van der Waals surface area contributed by atoms with Crippen LogP contribution in [0.2, 0.25) is 0 Å². The van der Waals surface area contributed by atoms with Gasteiger partial charge in [0.2, 0.25) is 5.91 Å². The molecule has 1 aliphatic heterocycles. The van der Waals surface area contributed by atoms with E-state index in [2.05, 4.69) is 10.6 Å². The van der Waals surface area contributed by atoms with Gasteiger partial charge < -0.3 is 10.6 Å². The van der Waals surface area contributed by atoms with Crippen molar-refractivity contribution in [1.82, 2.24) is 15.5 Å². The lowest BCUT2D eigenvalue weighted by Crippen LogP contribution is -2.49. The lowest BCUT2D eigenvalue weighted by atomic mass is 9.87. The van der Waals surface area contributed by atoms with Crippen LogP contribution in [-0.4, -0.2) is 34.8 Å². The molecule has 1 atom stereocenters. The average molecular weight is 331 g/mol. The van der Waals surface area contributed by atoms with Gasteiger partial charge in [-0.25, -0.2) is 4.79 Å². The molecule has 6 heteroatoms. The van der Waals surface area contributed by atoms with Crippen LogP contribution < -0.4 is 10.6 Å². The number of hydrogen-bond donors (Lipinski definition) is 2. The van der Waals surface area contributed by atoms with Gasteiger partial charge in [-0.2, -0.15) is 0 Å². The number of benzene rings is 1. The zero-order valence-corrected chi connectivity index (χ0v) is 14.7. The van der Waals surface area contributed by atoms with E-state index in [1.807, 2.05) is 58.0 Å². The molecule has 6 nitrogen and oxygen atoms in total. The van der Waals surface area contributed by atoms with Gasteiger partial charge in [0.1, 0.15) is 12.1 Å². The van der Waals surface area contributed by atoms with E-state index in [1.54, 1.807) is 0 Å². The minimum atomic E-state index is -1.10. The van der Waals surface area contributed by atoms with Gasteiger partial charge >= 0.3 is 6.03 Å². The largest absolute Gasteiger partial charge is 0.350 e. The molecule has 1 fully saturated rings. The quantitative estimate of drug-likeness (QED) is 0.784. The number of nitrogens with one attached hydrogen (secondary N) is 2. The van der Waals surface area contributed by atoms with Crippen LogP contribution in [0.4, 0.5) is 4.79 Å². The number of nitrogens with zero attached hydrogens (tertiary/aromatic N) is 1. The topological polar surface area (TPSA) is 78.5 Å². The molecule has 1 aromatic carbocycles. The molecule has 0 saturated carbocycles. The first-order valence-corrected chi connectivity index (χ1v) is 8.26. The van der Waals surface area contributed by atoms with Gasteiger partial charge in [0.05, 0.1) is 0 Å². The molecule has 2 rings (SSSR count). The molecule has 0 aliphatic carbocycles. The highest BCUT2D eigenvalue weighted by atomic mass is 16.2. The highest BCUT2D eigenvalue weighted by Gasteiger charge is 2.51. The molecular formula is C18H25N3O3. The van der Waals surface area contributed by atoms with Gasteiger partial charge in [0.25, 0.3) is 5.91 Å². The molecule has 2 N–H and O–H groups in total. The third kappa shape index (κ3) is 3.27. The van der Waals surface area contributed by atoms with Crippen LogP contribution >= 0.6 is 0 Å². The van der Waals surface area contributed by atoms with E-state index < -0.39 is 11.6 Å². The van der Waals surface area contributed by atoms with Crippen molar-refractivity contribution in [2.45, 2.75) is 51.6 Å². The lowest BCUT2D eigenvalue weighted by molar-refractivity contribution is -0.135. The third-order valence-corrected chi connectivity index (χ3v) is 4.64. The van der Waals surface area contributed by atoms with E-state index in [9.17, 15) is 14.4 Å². The Balaban J connectivity index is 2.21. The van der Waals surface area contributed by atoms with Gasteiger partial charge in [-0.15, -0.1) is 0 Å². The zero-order chi connectivity index (χ0) is 18.0. The predicted molar refractivity (Wildman–Crippen MR) is 91.2 cm³/mol. The number of hydrogen-bond acceptors (Lipinski definition) is 3. The van der Waals surface area contributed by atoms with Gasteiger partial charge in [-0.3, -0.25) is 14.5 Å². The second-order valence-electron chi connectivity index (χ2n) is 6.73. The molecule has 1 aliphatic rings. The van der Waals surface area contributed by atoms with Crippen LogP contribution in [0.5, 0.6) is 0 Å². The monoisotopic (exact) mass is 331 g/mol. The van der Waals surface area contributed by atoms with Crippen molar-refractivity contribution in [2.75, 3.05) is 6.54 Å². The van der Waals surface area contributed by atoms with E-state index in [0.717, 1.165) is 16.9 Å². The molecule has 1 aromatic rings. The maximum atomic E-state index is 12.9. The first-order chi connectivity index (χ1) is 11.3. The fraction of sp³-hybridized carbons (Fsp3) is 0.500. The van der Waals surface area contributed by atoms with Gasteiger partial charge in [-0.05, 0) is 32.3 Å². The van der Waals surface area contributed by atoms with Crippen molar-refractivity contribution in [2.24, 2.45) is 0 Å². The van der Waals surface area contributed by atoms with Crippen molar-refractivity contribution >= 4 is 17.8 Å².